The minimum Gasteiger partial charge on any atom is -0.497 e. The summed E-state index contributed by atoms with van der Waals surface area (Å²) in [6.45, 7) is 4.20. The van der Waals surface area contributed by atoms with Crippen molar-refractivity contribution in [1.82, 2.24) is 0 Å². The van der Waals surface area contributed by atoms with Gasteiger partial charge in [0, 0.05) is 5.56 Å². The molecule has 2 rings (SSSR count). The second kappa shape index (κ2) is 5.85. The first-order valence-electron chi connectivity index (χ1n) is 6.17. The van der Waals surface area contributed by atoms with E-state index >= 15 is 0 Å². The van der Waals surface area contributed by atoms with Crippen molar-refractivity contribution < 1.29 is 4.74 Å². The number of hydrogen-bond acceptors (Lipinski definition) is 1. The minimum absolute atomic E-state index is 0.356. The highest BCUT2D eigenvalue weighted by Gasteiger charge is 2.13. The third-order valence-electron chi connectivity index (χ3n) is 3.14. The van der Waals surface area contributed by atoms with Gasteiger partial charge >= 0.3 is 0 Å². The van der Waals surface area contributed by atoms with Crippen LogP contribution in [0.1, 0.15) is 25.3 Å². The molecule has 19 heavy (non-hydrogen) atoms. The average Bonchev–Trinajstić information content (AvgIpc) is 2.41. The van der Waals surface area contributed by atoms with Crippen molar-refractivity contribution in [2.24, 2.45) is 0 Å². The lowest BCUT2D eigenvalue weighted by Crippen LogP contribution is -1.91. The first-order chi connectivity index (χ1) is 9.04. The molecule has 100 valence electrons. The third-order valence-corrected chi connectivity index (χ3v) is 4.03. The molecule has 0 bridgehead atoms. The van der Waals surface area contributed by atoms with E-state index in [-0.39, 0.29) is 0 Å². The second-order valence-corrected chi connectivity index (χ2v) is 5.47. The Kier molecular flexibility index (Phi) is 4.38. The Morgan fingerprint density at radius 3 is 2.05 bits per heavy atom. The van der Waals surface area contributed by atoms with Gasteiger partial charge in [0.05, 0.1) is 17.2 Å². The van der Waals surface area contributed by atoms with Gasteiger partial charge in [0.15, 0.2) is 0 Å². The van der Waals surface area contributed by atoms with Crippen LogP contribution < -0.4 is 4.74 Å². The van der Waals surface area contributed by atoms with Crippen LogP contribution >= 0.6 is 23.2 Å². The molecule has 0 aromatic heterocycles. The van der Waals surface area contributed by atoms with Gasteiger partial charge in [0.2, 0.25) is 0 Å². The molecule has 0 amide bonds. The Hall–Kier alpha value is -1.18. The fourth-order valence-electron chi connectivity index (χ4n) is 2.00. The van der Waals surface area contributed by atoms with E-state index in [1.807, 2.05) is 36.4 Å². The zero-order valence-corrected chi connectivity index (χ0v) is 12.7. The molecule has 0 heterocycles. The maximum absolute atomic E-state index is 6.39. The fourth-order valence-corrected chi connectivity index (χ4v) is 2.67. The Morgan fingerprint density at radius 1 is 0.895 bits per heavy atom. The van der Waals surface area contributed by atoms with Gasteiger partial charge in [-0.3, -0.25) is 0 Å². The molecule has 0 aliphatic carbocycles. The van der Waals surface area contributed by atoms with E-state index in [1.165, 1.54) is 0 Å². The molecule has 0 N–H and O–H groups in total. The third kappa shape index (κ3) is 2.88. The summed E-state index contributed by atoms with van der Waals surface area (Å²) in [5.74, 6) is 1.18. The van der Waals surface area contributed by atoms with Crippen LogP contribution in [0.4, 0.5) is 0 Å². The van der Waals surface area contributed by atoms with Gasteiger partial charge in [-0.2, -0.15) is 0 Å². The van der Waals surface area contributed by atoms with Gasteiger partial charge in [-0.25, -0.2) is 0 Å². The van der Waals surface area contributed by atoms with Crippen molar-refractivity contribution in [2.75, 3.05) is 7.11 Å². The summed E-state index contributed by atoms with van der Waals surface area (Å²) in [6.07, 6.45) is 0. The molecule has 3 heteroatoms. The molecule has 2 aromatic rings. The van der Waals surface area contributed by atoms with E-state index in [4.69, 9.17) is 27.9 Å². The van der Waals surface area contributed by atoms with Crippen LogP contribution in [0, 0.1) is 0 Å². The summed E-state index contributed by atoms with van der Waals surface area (Å²) in [6, 6.07) is 11.8. The lowest BCUT2D eigenvalue weighted by molar-refractivity contribution is 0.415. The standard InChI is InChI=1S/C16H16Cl2O/c1-10(2)13-8-9-14(16(18)15(13)17)11-4-6-12(19-3)7-5-11/h4-10H,1-3H3. The first kappa shape index (κ1) is 14.2. The second-order valence-electron chi connectivity index (χ2n) is 4.71. The largest absolute Gasteiger partial charge is 0.497 e. The van der Waals surface area contributed by atoms with Gasteiger partial charge < -0.3 is 4.74 Å². The number of benzene rings is 2. The molecule has 1 nitrogen and oxygen atoms in total. The summed E-state index contributed by atoms with van der Waals surface area (Å²) in [5.41, 5.74) is 3.05. The zero-order chi connectivity index (χ0) is 14.0. The van der Waals surface area contributed by atoms with Crippen molar-refractivity contribution in [3.63, 3.8) is 0 Å². The van der Waals surface area contributed by atoms with Gasteiger partial charge in [-0.15, -0.1) is 0 Å². The molecule has 0 unspecified atom stereocenters. The topological polar surface area (TPSA) is 9.23 Å². The van der Waals surface area contributed by atoms with Crippen molar-refractivity contribution in [2.45, 2.75) is 19.8 Å². The van der Waals surface area contributed by atoms with Crippen molar-refractivity contribution in [3.05, 3.63) is 52.0 Å². The molecule has 0 spiro atoms. The smallest absolute Gasteiger partial charge is 0.118 e. The number of methoxy groups -OCH3 is 1. The summed E-state index contributed by atoms with van der Waals surface area (Å²) in [4.78, 5) is 0. The Balaban J connectivity index is 2.48. The van der Waals surface area contributed by atoms with Gasteiger partial charge in [-0.1, -0.05) is 61.3 Å². The van der Waals surface area contributed by atoms with E-state index in [1.54, 1.807) is 7.11 Å². The average molecular weight is 295 g/mol. The summed E-state index contributed by atoms with van der Waals surface area (Å²) >= 11 is 12.7. The van der Waals surface area contributed by atoms with Crippen LogP contribution in [0.5, 0.6) is 5.75 Å². The van der Waals surface area contributed by atoms with E-state index in [2.05, 4.69) is 13.8 Å². The minimum atomic E-state index is 0.356. The highest BCUT2D eigenvalue weighted by Crippen LogP contribution is 2.38. The lowest BCUT2D eigenvalue weighted by Gasteiger charge is -2.13. The monoisotopic (exact) mass is 294 g/mol. The fraction of sp³-hybridized carbons (Fsp3) is 0.250. The van der Waals surface area contributed by atoms with E-state index in [0.29, 0.717) is 16.0 Å². The van der Waals surface area contributed by atoms with Crippen molar-refractivity contribution in [3.8, 4) is 16.9 Å². The summed E-state index contributed by atoms with van der Waals surface area (Å²) < 4.78 is 5.15. The molecule has 0 fully saturated rings. The quantitative estimate of drug-likeness (QED) is 0.696. The van der Waals surface area contributed by atoms with Crippen LogP contribution in [0.25, 0.3) is 11.1 Å². The predicted octanol–water partition coefficient (Wildman–Crippen LogP) is 5.79. The normalized spacial score (nSPS) is 10.8. The van der Waals surface area contributed by atoms with Crippen LogP contribution in [0.3, 0.4) is 0 Å². The number of ether oxygens (including phenoxy) is 1. The maximum atomic E-state index is 6.39. The molecular formula is C16H16Cl2O. The van der Waals surface area contributed by atoms with Crippen LogP contribution in [-0.4, -0.2) is 7.11 Å². The lowest BCUT2D eigenvalue weighted by atomic mass is 9.98. The number of hydrogen-bond donors (Lipinski definition) is 0. The van der Waals surface area contributed by atoms with Crippen LogP contribution in [0.2, 0.25) is 10.0 Å². The van der Waals surface area contributed by atoms with E-state index < -0.39 is 0 Å². The molecule has 0 saturated carbocycles. The van der Waals surface area contributed by atoms with Gasteiger partial charge in [-0.05, 0) is 29.2 Å². The Morgan fingerprint density at radius 2 is 1.53 bits per heavy atom. The molecule has 0 atom stereocenters. The van der Waals surface area contributed by atoms with Gasteiger partial charge in [0.25, 0.3) is 0 Å². The number of rotatable bonds is 3. The summed E-state index contributed by atoms with van der Waals surface area (Å²) in [5, 5.41) is 1.25. The van der Waals surface area contributed by atoms with E-state index in [9.17, 15) is 0 Å². The zero-order valence-electron chi connectivity index (χ0n) is 11.2. The molecule has 2 aromatic carbocycles. The summed E-state index contributed by atoms with van der Waals surface area (Å²) in [7, 11) is 1.65. The highest BCUT2D eigenvalue weighted by atomic mass is 35.5. The van der Waals surface area contributed by atoms with Gasteiger partial charge in [0.1, 0.15) is 5.75 Å². The number of halogens is 2. The van der Waals surface area contributed by atoms with Crippen molar-refractivity contribution >= 4 is 23.2 Å². The Bertz CT molecular complexity index is 574. The van der Waals surface area contributed by atoms with Crippen LogP contribution in [-0.2, 0) is 0 Å². The molecule has 0 aliphatic heterocycles. The highest BCUT2D eigenvalue weighted by molar-refractivity contribution is 6.44. The first-order valence-corrected chi connectivity index (χ1v) is 6.92. The molecule has 0 saturated heterocycles. The van der Waals surface area contributed by atoms with E-state index in [0.717, 1.165) is 22.4 Å². The molecule has 0 aliphatic rings. The van der Waals surface area contributed by atoms with Crippen molar-refractivity contribution in [1.29, 1.82) is 0 Å². The molecular weight excluding hydrogens is 279 g/mol. The predicted molar refractivity (Wildman–Crippen MR) is 82.5 cm³/mol. The Labute approximate surface area is 124 Å². The molecule has 0 radical (unpaired) electrons. The maximum Gasteiger partial charge on any atom is 0.118 e. The SMILES string of the molecule is COc1ccc(-c2ccc(C(C)C)c(Cl)c2Cl)cc1. The van der Waals surface area contributed by atoms with Crippen LogP contribution in [0.15, 0.2) is 36.4 Å².